The fourth-order valence-electron chi connectivity index (χ4n) is 2.44. The minimum absolute atomic E-state index is 0.0470. The first kappa shape index (κ1) is 21.0. The fourth-order valence-corrected chi connectivity index (χ4v) is 4.65. The summed E-state index contributed by atoms with van der Waals surface area (Å²) in [5, 5.41) is 12.4. The van der Waals surface area contributed by atoms with E-state index in [2.05, 4.69) is 20.8 Å². The maximum Gasteiger partial charge on any atom is 0.244 e. The third-order valence-electron chi connectivity index (χ3n) is 3.73. The van der Waals surface area contributed by atoms with Crippen LogP contribution in [0.3, 0.4) is 0 Å². The molecule has 2 amide bonds. The highest BCUT2D eigenvalue weighted by molar-refractivity contribution is 7.93. The molecule has 0 spiro atoms. The standard InChI is InChI=1S/C17H22N4O4S2/c1-4-13(16(23)19-17-21-20-15(5-2)26-17)27(24,25)10-14(22)18-12-8-6-7-11(3)9-12/h6-9,13H,4-5,10H2,1-3H3,(H,18,22)(H,19,21,23). The van der Waals surface area contributed by atoms with Crippen molar-refractivity contribution in [2.24, 2.45) is 0 Å². The van der Waals surface area contributed by atoms with Gasteiger partial charge in [0.15, 0.2) is 9.84 Å². The molecule has 8 nitrogen and oxygen atoms in total. The van der Waals surface area contributed by atoms with Crippen molar-refractivity contribution in [2.45, 2.75) is 38.9 Å². The lowest BCUT2D eigenvalue weighted by Crippen LogP contribution is -2.39. The van der Waals surface area contributed by atoms with Crippen molar-refractivity contribution in [1.82, 2.24) is 10.2 Å². The van der Waals surface area contributed by atoms with Gasteiger partial charge in [-0.1, -0.05) is 37.3 Å². The Morgan fingerprint density at radius 2 is 1.93 bits per heavy atom. The summed E-state index contributed by atoms with van der Waals surface area (Å²) < 4.78 is 25.1. The van der Waals surface area contributed by atoms with Crippen molar-refractivity contribution in [3.63, 3.8) is 0 Å². The SMILES string of the molecule is CCc1nnc(NC(=O)C(CC)S(=O)(=O)CC(=O)Nc2cccc(C)c2)s1. The Morgan fingerprint density at radius 1 is 1.19 bits per heavy atom. The highest BCUT2D eigenvalue weighted by Crippen LogP contribution is 2.18. The summed E-state index contributed by atoms with van der Waals surface area (Å²) in [4.78, 5) is 24.5. The number of sulfone groups is 1. The molecule has 0 bridgehead atoms. The number of hydrogen-bond donors (Lipinski definition) is 2. The molecule has 0 aliphatic carbocycles. The summed E-state index contributed by atoms with van der Waals surface area (Å²) in [5.74, 6) is -2.17. The molecule has 1 heterocycles. The smallest absolute Gasteiger partial charge is 0.244 e. The van der Waals surface area contributed by atoms with E-state index in [0.717, 1.165) is 10.6 Å². The summed E-state index contributed by atoms with van der Waals surface area (Å²) in [7, 11) is -3.99. The molecule has 1 atom stereocenters. The van der Waals surface area contributed by atoms with Crippen LogP contribution < -0.4 is 10.6 Å². The summed E-state index contributed by atoms with van der Waals surface area (Å²) in [6.07, 6.45) is 0.716. The van der Waals surface area contributed by atoms with Crippen molar-refractivity contribution in [3.8, 4) is 0 Å². The maximum atomic E-state index is 12.6. The molecule has 146 valence electrons. The second kappa shape index (κ2) is 9.05. The second-order valence-corrected chi connectivity index (χ2v) is 9.21. The molecule has 0 aliphatic heterocycles. The van der Waals surface area contributed by atoms with Gasteiger partial charge in [-0.25, -0.2) is 8.42 Å². The third kappa shape index (κ3) is 5.83. The second-order valence-electron chi connectivity index (χ2n) is 5.97. The van der Waals surface area contributed by atoms with Crippen LogP contribution in [-0.2, 0) is 25.8 Å². The largest absolute Gasteiger partial charge is 0.325 e. The molecule has 2 N–H and O–H groups in total. The molecule has 0 radical (unpaired) electrons. The van der Waals surface area contributed by atoms with E-state index in [-0.39, 0.29) is 11.6 Å². The van der Waals surface area contributed by atoms with Crippen LogP contribution in [0.15, 0.2) is 24.3 Å². The molecule has 0 fully saturated rings. The van der Waals surface area contributed by atoms with Crippen molar-refractivity contribution >= 4 is 43.8 Å². The number of amides is 2. The molecule has 2 rings (SSSR count). The quantitative estimate of drug-likeness (QED) is 0.689. The summed E-state index contributed by atoms with van der Waals surface area (Å²) in [6.45, 7) is 5.34. The number of nitrogens with one attached hydrogen (secondary N) is 2. The van der Waals surface area contributed by atoms with Crippen LogP contribution in [0.1, 0.15) is 30.8 Å². The molecule has 1 unspecified atom stereocenters. The monoisotopic (exact) mass is 410 g/mol. The zero-order valence-corrected chi connectivity index (χ0v) is 17.0. The fraction of sp³-hybridized carbons (Fsp3) is 0.412. The van der Waals surface area contributed by atoms with E-state index in [1.165, 1.54) is 11.3 Å². The molecule has 1 aromatic heterocycles. The third-order valence-corrected chi connectivity index (χ3v) is 6.79. The van der Waals surface area contributed by atoms with Crippen LogP contribution in [0, 0.1) is 6.92 Å². The summed E-state index contributed by atoms with van der Waals surface area (Å²) >= 11 is 1.19. The lowest BCUT2D eigenvalue weighted by molar-refractivity contribution is -0.115. The van der Waals surface area contributed by atoms with Crippen LogP contribution in [-0.4, -0.2) is 41.4 Å². The van der Waals surface area contributed by atoms with Gasteiger partial charge in [0, 0.05) is 5.69 Å². The first-order chi connectivity index (χ1) is 12.7. The van der Waals surface area contributed by atoms with Gasteiger partial charge < -0.3 is 5.32 Å². The number of nitrogens with zero attached hydrogens (tertiary/aromatic N) is 2. The molecular formula is C17H22N4O4S2. The number of carbonyl (C=O) groups is 2. The van der Waals surface area contributed by atoms with E-state index in [4.69, 9.17) is 0 Å². The van der Waals surface area contributed by atoms with E-state index in [1.54, 1.807) is 25.1 Å². The first-order valence-corrected chi connectivity index (χ1v) is 11.0. The highest BCUT2D eigenvalue weighted by atomic mass is 32.2. The van der Waals surface area contributed by atoms with Gasteiger partial charge in [0.25, 0.3) is 0 Å². The summed E-state index contributed by atoms with van der Waals surface area (Å²) in [5.41, 5.74) is 1.44. The first-order valence-electron chi connectivity index (χ1n) is 8.46. The average molecular weight is 411 g/mol. The zero-order valence-electron chi connectivity index (χ0n) is 15.4. The number of aromatic nitrogens is 2. The molecule has 0 saturated carbocycles. The molecule has 0 saturated heterocycles. The van der Waals surface area contributed by atoms with Gasteiger partial charge in [0.05, 0.1) is 0 Å². The van der Waals surface area contributed by atoms with Gasteiger partial charge >= 0.3 is 0 Å². The molecular weight excluding hydrogens is 388 g/mol. The number of carbonyl (C=O) groups excluding carboxylic acids is 2. The van der Waals surface area contributed by atoms with E-state index < -0.39 is 32.7 Å². The minimum Gasteiger partial charge on any atom is -0.325 e. The topological polar surface area (TPSA) is 118 Å². The summed E-state index contributed by atoms with van der Waals surface area (Å²) in [6, 6.07) is 7.02. The Hall–Kier alpha value is -2.33. The molecule has 2 aromatic rings. The maximum absolute atomic E-state index is 12.6. The number of rotatable bonds is 8. The lowest BCUT2D eigenvalue weighted by atomic mass is 10.2. The van der Waals surface area contributed by atoms with Crippen molar-refractivity contribution < 1.29 is 18.0 Å². The van der Waals surface area contributed by atoms with Crippen molar-refractivity contribution in [1.29, 1.82) is 0 Å². The minimum atomic E-state index is -3.99. The van der Waals surface area contributed by atoms with Crippen LogP contribution in [0.2, 0.25) is 0 Å². The normalized spacial score (nSPS) is 12.4. The lowest BCUT2D eigenvalue weighted by Gasteiger charge is -2.14. The van der Waals surface area contributed by atoms with Gasteiger partial charge in [-0.2, -0.15) is 0 Å². The van der Waals surface area contributed by atoms with Gasteiger partial charge in [-0.3, -0.25) is 14.9 Å². The van der Waals surface area contributed by atoms with Crippen molar-refractivity contribution in [3.05, 3.63) is 34.8 Å². The van der Waals surface area contributed by atoms with Gasteiger partial charge in [0.1, 0.15) is 16.0 Å². The Bertz CT molecular complexity index is 925. The van der Waals surface area contributed by atoms with Crippen LogP contribution >= 0.6 is 11.3 Å². The number of hydrogen-bond acceptors (Lipinski definition) is 7. The van der Waals surface area contributed by atoms with Gasteiger partial charge in [-0.15, -0.1) is 10.2 Å². The Kier molecular flexibility index (Phi) is 7.03. The number of benzene rings is 1. The molecule has 10 heteroatoms. The van der Waals surface area contributed by atoms with E-state index >= 15 is 0 Å². The van der Waals surface area contributed by atoms with Gasteiger partial charge in [0.2, 0.25) is 16.9 Å². The van der Waals surface area contributed by atoms with Crippen LogP contribution in [0.25, 0.3) is 0 Å². The number of aryl methyl sites for hydroxylation is 2. The average Bonchev–Trinajstić information content (AvgIpc) is 3.02. The Labute approximate surface area is 162 Å². The predicted octanol–water partition coefficient (Wildman–Crippen LogP) is 2.18. The van der Waals surface area contributed by atoms with Crippen LogP contribution in [0.4, 0.5) is 10.8 Å². The molecule has 0 aliphatic rings. The van der Waals surface area contributed by atoms with Crippen LogP contribution in [0.5, 0.6) is 0 Å². The zero-order chi connectivity index (χ0) is 20.0. The van der Waals surface area contributed by atoms with Crippen molar-refractivity contribution in [2.75, 3.05) is 16.4 Å². The molecule has 1 aromatic carbocycles. The van der Waals surface area contributed by atoms with Gasteiger partial charge in [-0.05, 0) is 37.5 Å². The Morgan fingerprint density at radius 3 is 2.52 bits per heavy atom. The Balaban J connectivity index is 2.04. The molecule has 27 heavy (non-hydrogen) atoms. The highest BCUT2D eigenvalue weighted by Gasteiger charge is 2.33. The number of anilines is 2. The predicted molar refractivity (Wildman–Crippen MR) is 106 cm³/mol. The van der Waals surface area contributed by atoms with E-state index in [0.29, 0.717) is 12.1 Å². The van der Waals surface area contributed by atoms with E-state index in [1.807, 2.05) is 19.9 Å². The van der Waals surface area contributed by atoms with E-state index in [9.17, 15) is 18.0 Å².